The van der Waals surface area contributed by atoms with Crippen LogP contribution in [0.25, 0.3) is 5.69 Å². The van der Waals surface area contributed by atoms with Crippen LogP contribution in [0.5, 0.6) is 0 Å². The van der Waals surface area contributed by atoms with Gasteiger partial charge in [-0.05, 0) is 60.7 Å². The quantitative estimate of drug-likeness (QED) is 0.792. The minimum atomic E-state index is -0.0185. The fourth-order valence-corrected chi connectivity index (χ4v) is 3.57. The van der Waals surface area contributed by atoms with Crippen LogP contribution in [0, 0.1) is 0 Å². The van der Waals surface area contributed by atoms with E-state index in [9.17, 15) is 4.79 Å². The molecule has 1 heterocycles. The van der Waals surface area contributed by atoms with E-state index < -0.39 is 0 Å². The first-order chi connectivity index (χ1) is 12.3. The fraction of sp³-hybridized carbons (Fsp3) is 0.238. The predicted octanol–water partition coefficient (Wildman–Crippen LogP) is 3.72. The summed E-state index contributed by atoms with van der Waals surface area (Å²) in [7, 11) is 0. The number of carbonyl (C=O) groups excluding carboxylic acids is 1. The highest BCUT2D eigenvalue weighted by Crippen LogP contribution is 2.30. The molecule has 0 fully saturated rings. The maximum Gasteiger partial charge on any atom is 0.251 e. The number of hydrogen-bond acceptors (Lipinski definition) is 2. The highest BCUT2D eigenvalue weighted by atomic mass is 16.1. The van der Waals surface area contributed by atoms with Crippen molar-refractivity contribution in [1.29, 1.82) is 0 Å². The molecule has 4 rings (SSSR count). The lowest BCUT2D eigenvalue weighted by Gasteiger charge is -2.25. The third-order valence-electron chi connectivity index (χ3n) is 4.90. The first kappa shape index (κ1) is 15.6. The van der Waals surface area contributed by atoms with Crippen molar-refractivity contribution in [1.82, 2.24) is 15.1 Å². The van der Waals surface area contributed by atoms with Crippen LogP contribution in [0.4, 0.5) is 0 Å². The summed E-state index contributed by atoms with van der Waals surface area (Å²) in [6, 6.07) is 18.0. The lowest BCUT2D eigenvalue weighted by Crippen LogP contribution is -2.29. The molecule has 0 bridgehead atoms. The molecule has 25 heavy (non-hydrogen) atoms. The van der Waals surface area contributed by atoms with Crippen molar-refractivity contribution in [2.45, 2.75) is 25.2 Å². The molecule has 4 nitrogen and oxygen atoms in total. The summed E-state index contributed by atoms with van der Waals surface area (Å²) in [4.78, 5) is 12.5. The Morgan fingerprint density at radius 3 is 2.76 bits per heavy atom. The molecule has 1 amide bonds. The summed E-state index contributed by atoms with van der Waals surface area (Å²) in [5.74, 6) is 0.396. The van der Waals surface area contributed by atoms with Crippen molar-refractivity contribution in [2.75, 3.05) is 6.54 Å². The predicted molar refractivity (Wildman–Crippen MR) is 98.0 cm³/mol. The summed E-state index contributed by atoms with van der Waals surface area (Å²) in [5, 5.41) is 7.30. The number of nitrogens with zero attached hydrogens (tertiary/aromatic N) is 2. The van der Waals surface area contributed by atoms with Crippen molar-refractivity contribution in [3.63, 3.8) is 0 Å². The van der Waals surface area contributed by atoms with Crippen LogP contribution in [0.1, 0.15) is 40.2 Å². The summed E-state index contributed by atoms with van der Waals surface area (Å²) < 4.78 is 1.78. The fourth-order valence-electron chi connectivity index (χ4n) is 3.57. The van der Waals surface area contributed by atoms with Gasteiger partial charge in [0.05, 0.1) is 5.69 Å². The maximum atomic E-state index is 12.5. The van der Waals surface area contributed by atoms with Gasteiger partial charge in [-0.25, -0.2) is 4.68 Å². The number of aryl methyl sites for hydroxylation is 1. The number of aromatic nitrogens is 2. The van der Waals surface area contributed by atoms with Crippen molar-refractivity contribution in [3.8, 4) is 5.69 Å². The number of fused-ring (bicyclic) bond motifs is 1. The molecule has 0 saturated carbocycles. The number of amides is 1. The Balaban J connectivity index is 1.41. The number of hydrogen-bond donors (Lipinski definition) is 1. The van der Waals surface area contributed by atoms with Gasteiger partial charge in [-0.15, -0.1) is 0 Å². The lowest BCUT2D eigenvalue weighted by molar-refractivity contribution is 0.0950. The zero-order chi connectivity index (χ0) is 17.1. The van der Waals surface area contributed by atoms with Gasteiger partial charge >= 0.3 is 0 Å². The third kappa shape index (κ3) is 3.33. The van der Waals surface area contributed by atoms with Crippen LogP contribution >= 0.6 is 0 Å². The molecule has 0 spiro atoms. The second-order valence-corrected chi connectivity index (χ2v) is 6.50. The van der Waals surface area contributed by atoms with E-state index in [4.69, 9.17) is 0 Å². The second kappa shape index (κ2) is 6.93. The Kier molecular flexibility index (Phi) is 4.34. The SMILES string of the molecule is O=C(NCC1CCCc2ccccc21)c1ccc(-n2cccn2)cc1. The van der Waals surface area contributed by atoms with Crippen molar-refractivity contribution >= 4 is 5.91 Å². The molecule has 1 atom stereocenters. The normalized spacial score (nSPS) is 16.2. The minimum absolute atomic E-state index is 0.0185. The van der Waals surface area contributed by atoms with Gasteiger partial charge in [0.25, 0.3) is 5.91 Å². The number of nitrogens with one attached hydrogen (secondary N) is 1. The summed E-state index contributed by atoms with van der Waals surface area (Å²) in [6.07, 6.45) is 7.10. The van der Waals surface area contributed by atoms with Gasteiger partial charge < -0.3 is 5.32 Å². The Morgan fingerprint density at radius 2 is 1.96 bits per heavy atom. The van der Waals surface area contributed by atoms with E-state index in [1.54, 1.807) is 10.9 Å². The third-order valence-corrected chi connectivity index (χ3v) is 4.90. The largest absolute Gasteiger partial charge is 0.351 e. The van der Waals surface area contributed by atoms with E-state index in [1.165, 1.54) is 17.5 Å². The summed E-state index contributed by atoms with van der Waals surface area (Å²) in [6.45, 7) is 0.691. The molecule has 0 aliphatic heterocycles. The van der Waals surface area contributed by atoms with E-state index in [-0.39, 0.29) is 5.91 Å². The Labute approximate surface area is 147 Å². The monoisotopic (exact) mass is 331 g/mol. The van der Waals surface area contributed by atoms with Gasteiger partial charge in [0, 0.05) is 30.4 Å². The Bertz CT molecular complexity index is 853. The number of rotatable bonds is 4. The van der Waals surface area contributed by atoms with Crippen LogP contribution in [-0.2, 0) is 6.42 Å². The average Bonchev–Trinajstić information content (AvgIpc) is 3.21. The van der Waals surface area contributed by atoms with Gasteiger partial charge in [-0.1, -0.05) is 24.3 Å². The van der Waals surface area contributed by atoms with E-state index in [2.05, 4.69) is 34.7 Å². The van der Waals surface area contributed by atoms with Crippen LogP contribution in [0.15, 0.2) is 67.0 Å². The van der Waals surface area contributed by atoms with Gasteiger partial charge in [-0.2, -0.15) is 5.10 Å². The molecule has 1 aromatic heterocycles. The van der Waals surface area contributed by atoms with E-state index in [0.29, 0.717) is 18.0 Å². The molecule has 1 N–H and O–H groups in total. The Morgan fingerprint density at radius 1 is 1.12 bits per heavy atom. The van der Waals surface area contributed by atoms with Crippen LogP contribution in [0.2, 0.25) is 0 Å². The molecule has 1 aliphatic rings. The van der Waals surface area contributed by atoms with E-state index in [0.717, 1.165) is 18.5 Å². The molecule has 0 radical (unpaired) electrons. The average molecular weight is 331 g/mol. The first-order valence-corrected chi connectivity index (χ1v) is 8.77. The molecular formula is C21H21N3O. The maximum absolute atomic E-state index is 12.5. The first-order valence-electron chi connectivity index (χ1n) is 8.77. The topological polar surface area (TPSA) is 46.9 Å². The molecule has 3 aromatic rings. The zero-order valence-corrected chi connectivity index (χ0v) is 14.1. The van der Waals surface area contributed by atoms with Gasteiger partial charge in [-0.3, -0.25) is 4.79 Å². The van der Waals surface area contributed by atoms with Gasteiger partial charge in [0.2, 0.25) is 0 Å². The molecule has 2 aromatic carbocycles. The second-order valence-electron chi connectivity index (χ2n) is 6.50. The van der Waals surface area contributed by atoms with E-state index >= 15 is 0 Å². The van der Waals surface area contributed by atoms with Gasteiger partial charge in [0.1, 0.15) is 0 Å². The van der Waals surface area contributed by atoms with Crippen molar-refractivity contribution < 1.29 is 4.79 Å². The lowest BCUT2D eigenvalue weighted by atomic mass is 9.83. The van der Waals surface area contributed by atoms with Gasteiger partial charge in [0.15, 0.2) is 0 Å². The summed E-state index contributed by atoms with van der Waals surface area (Å²) >= 11 is 0. The van der Waals surface area contributed by atoms with Crippen LogP contribution in [0.3, 0.4) is 0 Å². The van der Waals surface area contributed by atoms with Crippen LogP contribution in [-0.4, -0.2) is 22.2 Å². The highest BCUT2D eigenvalue weighted by Gasteiger charge is 2.20. The Hall–Kier alpha value is -2.88. The van der Waals surface area contributed by atoms with Crippen molar-refractivity contribution in [3.05, 3.63) is 83.7 Å². The molecule has 1 aliphatic carbocycles. The standard InChI is InChI=1S/C21H21N3O/c25-21(17-9-11-19(12-10-17)24-14-4-13-23-24)22-15-18-7-3-6-16-5-1-2-8-20(16)18/h1-2,4-5,8-14,18H,3,6-7,15H2,(H,22,25). The number of carbonyl (C=O) groups is 1. The van der Waals surface area contributed by atoms with E-state index in [1.807, 2.05) is 36.5 Å². The molecule has 0 saturated heterocycles. The molecule has 1 unspecified atom stereocenters. The van der Waals surface area contributed by atoms with Crippen molar-refractivity contribution in [2.24, 2.45) is 0 Å². The summed E-state index contributed by atoms with van der Waals surface area (Å²) in [5.41, 5.74) is 4.45. The number of benzene rings is 2. The highest BCUT2D eigenvalue weighted by molar-refractivity contribution is 5.94. The molecule has 126 valence electrons. The smallest absolute Gasteiger partial charge is 0.251 e. The zero-order valence-electron chi connectivity index (χ0n) is 14.1. The molecular weight excluding hydrogens is 310 g/mol. The van der Waals surface area contributed by atoms with Crippen LogP contribution < -0.4 is 5.32 Å². The minimum Gasteiger partial charge on any atom is -0.351 e. The molecule has 4 heteroatoms.